The molecule has 2 aromatic carbocycles. The first-order valence-corrected chi connectivity index (χ1v) is 17.4. The number of carboxylic acid groups (broad SMARTS) is 1. The molecule has 0 unspecified atom stereocenters. The monoisotopic (exact) mass is 763 g/mol. The van der Waals surface area contributed by atoms with E-state index in [2.05, 4.69) is 51.0 Å². The van der Waals surface area contributed by atoms with E-state index < -0.39 is 12.1 Å². The second-order valence-corrected chi connectivity index (χ2v) is 13.1. The highest BCUT2D eigenvalue weighted by Gasteiger charge is 2.38. The van der Waals surface area contributed by atoms with E-state index in [0.717, 1.165) is 97.1 Å². The SMILES string of the molecule is Cc1ccc(-n2nc(N3CCC(C(N)=O)CC3)c3ccncc32)cc1.Clc1ccc(-n2nc(N3CCOCC3)c3ccncc32)cc1.O=C(O)C(F)(F)F. The molecule has 2 aliphatic heterocycles. The number of carboxylic acids is 1. The highest BCUT2D eigenvalue weighted by molar-refractivity contribution is 6.30. The average molecular weight is 764 g/mol. The van der Waals surface area contributed by atoms with Gasteiger partial charge >= 0.3 is 12.1 Å². The molecule has 0 saturated carbocycles. The summed E-state index contributed by atoms with van der Waals surface area (Å²) in [6.07, 6.45) is 3.77. The van der Waals surface area contributed by atoms with Crippen LogP contribution in [0, 0.1) is 12.8 Å². The number of aromatic nitrogens is 6. The van der Waals surface area contributed by atoms with E-state index in [4.69, 9.17) is 42.2 Å². The minimum absolute atomic E-state index is 0.0247. The zero-order valence-corrected chi connectivity index (χ0v) is 29.9. The van der Waals surface area contributed by atoms with Crippen molar-refractivity contribution in [3.8, 4) is 11.4 Å². The van der Waals surface area contributed by atoms with Crippen molar-refractivity contribution in [2.45, 2.75) is 25.9 Å². The summed E-state index contributed by atoms with van der Waals surface area (Å²) in [5.41, 5.74) is 10.6. The maximum atomic E-state index is 11.4. The van der Waals surface area contributed by atoms with Crippen molar-refractivity contribution >= 4 is 56.9 Å². The Labute approximate surface area is 312 Å². The Hall–Kier alpha value is -5.74. The summed E-state index contributed by atoms with van der Waals surface area (Å²) in [5, 5.41) is 19.7. The molecule has 6 heterocycles. The first-order chi connectivity index (χ1) is 25.9. The molecule has 0 atom stereocenters. The molecule has 6 aromatic rings. The Kier molecular flexibility index (Phi) is 11.6. The van der Waals surface area contributed by atoms with Gasteiger partial charge in [0.1, 0.15) is 0 Å². The van der Waals surface area contributed by atoms with E-state index in [1.165, 1.54) is 5.56 Å². The summed E-state index contributed by atoms with van der Waals surface area (Å²) in [5.74, 6) is -1.05. The van der Waals surface area contributed by atoms with Crippen molar-refractivity contribution in [1.82, 2.24) is 29.5 Å². The normalized spacial score (nSPS) is 15.0. The largest absolute Gasteiger partial charge is 0.490 e. The smallest absolute Gasteiger partial charge is 0.475 e. The number of aryl methyl sites for hydroxylation is 1. The van der Waals surface area contributed by atoms with Crippen LogP contribution in [-0.4, -0.2) is 92.1 Å². The Morgan fingerprint density at radius 3 is 1.67 bits per heavy atom. The van der Waals surface area contributed by atoms with Crippen molar-refractivity contribution in [2.75, 3.05) is 49.2 Å². The third-order valence-corrected chi connectivity index (χ3v) is 9.28. The van der Waals surface area contributed by atoms with Gasteiger partial charge in [0.15, 0.2) is 11.6 Å². The summed E-state index contributed by atoms with van der Waals surface area (Å²) < 4.78 is 41.0. The van der Waals surface area contributed by atoms with E-state index in [9.17, 15) is 18.0 Å². The second-order valence-electron chi connectivity index (χ2n) is 12.6. The fourth-order valence-electron chi connectivity index (χ4n) is 6.17. The molecule has 0 bridgehead atoms. The fraction of sp³-hybridized carbons (Fsp3) is 0.297. The number of fused-ring (bicyclic) bond motifs is 2. The molecule has 282 valence electrons. The van der Waals surface area contributed by atoms with Crippen LogP contribution >= 0.6 is 11.6 Å². The molecule has 2 saturated heterocycles. The van der Waals surface area contributed by atoms with Gasteiger partial charge in [0.2, 0.25) is 5.91 Å². The van der Waals surface area contributed by atoms with Crippen LogP contribution in [0.4, 0.5) is 24.8 Å². The van der Waals surface area contributed by atoms with Crippen molar-refractivity contribution < 1.29 is 32.6 Å². The number of carbonyl (C=O) groups excluding carboxylic acids is 1. The van der Waals surface area contributed by atoms with Crippen LogP contribution in [0.2, 0.25) is 5.02 Å². The predicted molar refractivity (Wildman–Crippen MR) is 198 cm³/mol. The lowest BCUT2D eigenvalue weighted by molar-refractivity contribution is -0.192. The standard InChI is InChI=1S/C19H21N5O.C16H15ClN4O.C2HF3O2/c1-13-2-4-15(5-3-13)24-17-12-21-9-6-16(17)19(22-24)23-10-7-14(8-11-23)18(20)25;17-12-1-3-13(4-2-12)21-15-11-18-6-5-14(15)16(19-21)20-7-9-22-10-8-20;3-2(4,5)1(6)7/h2-6,9,12,14H,7-8,10-11H2,1H3,(H2,20,25);1-6,11H,7-10H2;(H,6,7). The number of rotatable bonds is 5. The number of primary amides is 1. The van der Waals surface area contributed by atoms with Gasteiger partial charge in [-0.05, 0) is 68.3 Å². The van der Waals surface area contributed by atoms with Crippen LogP contribution in [0.15, 0.2) is 85.5 Å². The van der Waals surface area contributed by atoms with Gasteiger partial charge in [-0.2, -0.15) is 13.2 Å². The van der Waals surface area contributed by atoms with Crippen molar-refractivity contribution in [3.05, 3.63) is 96.0 Å². The van der Waals surface area contributed by atoms with Crippen LogP contribution in [0.5, 0.6) is 0 Å². The van der Waals surface area contributed by atoms with Gasteiger partial charge in [-0.1, -0.05) is 29.3 Å². The zero-order chi connectivity index (χ0) is 38.4. The number of nitrogens with two attached hydrogens (primary N) is 1. The number of alkyl halides is 3. The molecule has 13 nitrogen and oxygen atoms in total. The van der Waals surface area contributed by atoms with E-state index in [0.29, 0.717) is 5.02 Å². The lowest BCUT2D eigenvalue weighted by atomic mass is 9.96. The number of halogens is 4. The van der Waals surface area contributed by atoms with E-state index >= 15 is 0 Å². The number of hydrogen-bond donors (Lipinski definition) is 2. The van der Waals surface area contributed by atoms with Gasteiger partial charge in [0, 0.05) is 60.3 Å². The molecule has 17 heteroatoms. The minimum Gasteiger partial charge on any atom is -0.475 e. The third kappa shape index (κ3) is 8.72. The summed E-state index contributed by atoms with van der Waals surface area (Å²) in [7, 11) is 0. The maximum absolute atomic E-state index is 11.4. The van der Waals surface area contributed by atoms with Gasteiger partial charge in [0.25, 0.3) is 0 Å². The highest BCUT2D eigenvalue weighted by atomic mass is 35.5. The lowest BCUT2D eigenvalue weighted by Crippen LogP contribution is -2.38. The molecule has 4 aromatic heterocycles. The second kappa shape index (κ2) is 16.5. The molecule has 2 fully saturated rings. The molecule has 0 radical (unpaired) electrons. The van der Waals surface area contributed by atoms with E-state index in [1.54, 1.807) is 12.4 Å². The van der Waals surface area contributed by atoms with Gasteiger partial charge in [-0.3, -0.25) is 14.8 Å². The third-order valence-electron chi connectivity index (χ3n) is 9.03. The lowest BCUT2D eigenvalue weighted by Gasteiger charge is -2.30. The molecule has 3 N–H and O–H groups in total. The first-order valence-electron chi connectivity index (χ1n) is 17.1. The number of piperidine rings is 1. The van der Waals surface area contributed by atoms with Crippen molar-refractivity contribution in [3.63, 3.8) is 0 Å². The van der Waals surface area contributed by atoms with E-state index in [-0.39, 0.29) is 11.8 Å². The number of aliphatic carboxylic acids is 1. The number of pyridine rings is 2. The number of amides is 1. The number of morpholine rings is 1. The first kappa shape index (κ1) is 38.0. The number of anilines is 2. The minimum atomic E-state index is -5.08. The molecular weight excluding hydrogens is 727 g/mol. The molecule has 8 rings (SSSR count). The van der Waals surface area contributed by atoms with Gasteiger partial charge in [-0.15, -0.1) is 10.2 Å². The fourth-order valence-corrected chi connectivity index (χ4v) is 6.30. The van der Waals surface area contributed by atoms with Crippen LogP contribution < -0.4 is 15.5 Å². The van der Waals surface area contributed by atoms with E-state index in [1.807, 2.05) is 58.2 Å². The van der Waals surface area contributed by atoms with Crippen LogP contribution in [0.25, 0.3) is 33.2 Å². The summed E-state index contributed by atoms with van der Waals surface area (Å²) in [6.45, 7) is 6.83. The van der Waals surface area contributed by atoms with Crippen molar-refractivity contribution in [2.24, 2.45) is 11.7 Å². The van der Waals surface area contributed by atoms with Crippen LogP contribution in [-0.2, 0) is 14.3 Å². The molecule has 2 aliphatic rings. The number of carbonyl (C=O) groups is 2. The van der Waals surface area contributed by atoms with Crippen LogP contribution in [0.3, 0.4) is 0 Å². The number of benzene rings is 2. The van der Waals surface area contributed by atoms with Crippen molar-refractivity contribution in [1.29, 1.82) is 0 Å². The molecular formula is C37H37ClF3N9O4. The predicted octanol–water partition coefficient (Wildman–Crippen LogP) is 5.97. The topological polar surface area (TPSA) is 158 Å². The Morgan fingerprint density at radius 2 is 1.22 bits per heavy atom. The summed E-state index contributed by atoms with van der Waals surface area (Å²) in [6, 6.07) is 20.0. The Balaban J connectivity index is 0.000000158. The van der Waals surface area contributed by atoms with Gasteiger partial charge in [0.05, 0.1) is 48.0 Å². The maximum Gasteiger partial charge on any atom is 0.490 e. The number of ether oxygens (including phenoxy) is 1. The highest BCUT2D eigenvalue weighted by Crippen LogP contribution is 2.31. The summed E-state index contributed by atoms with van der Waals surface area (Å²) >= 11 is 5.98. The Morgan fingerprint density at radius 1 is 0.778 bits per heavy atom. The number of hydrogen-bond acceptors (Lipinski definition) is 9. The molecule has 54 heavy (non-hydrogen) atoms. The zero-order valence-electron chi connectivity index (χ0n) is 29.2. The van der Waals surface area contributed by atoms with Crippen LogP contribution in [0.1, 0.15) is 18.4 Å². The molecule has 0 aliphatic carbocycles. The number of nitrogens with zero attached hydrogens (tertiary/aromatic N) is 8. The summed E-state index contributed by atoms with van der Waals surface area (Å²) in [4.78, 5) is 33.3. The molecule has 1 amide bonds. The Bertz CT molecular complexity index is 2210. The quantitative estimate of drug-likeness (QED) is 0.214. The average Bonchev–Trinajstić information content (AvgIpc) is 3.76. The molecule has 0 spiro atoms. The van der Waals surface area contributed by atoms with Gasteiger partial charge < -0.3 is 25.4 Å². The van der Waals surface area contributed by atoms with Gasteiger partial charge in [-0.25, -0.2) is 14.2 Å².